The summed E-state index contributed by atoms with van der Waals surface area (Å²) in [5.41, 5.74) is 0.522. The Morgan fingerprint density at radius 3 is 3.12 bits per heavy atom. The Labute approximate surface area is 99.6 Å². The lowest BCUT2D eigenvalue weighted by Gasteiger charge is -2.11. The van der Waals surface area contributed by atoms with Crippen LogP contribution in [0.5, 0.6) is 0 Å². The molecule has 2 rings (SSSR count). The van der Waals surface area contributed by atoms with Gasteiger partial charge in [-0.25, -0.2) is 4.79 Å². The first-order valence-electron chi connectivity index (χ1n) is 5.45. The van der Waals surface area contributed by atoms with Gasteiger partial charge in [0.2, 0.25) is 0 Å². The highest BCUT2D eigenvalue weighted by atomic mass is 16.6. The number of Topliss-reactive ketones (excluding diaryl/α,β-unsaturated/α-hetero) is 1. The van der Waals surface area contributed by atoms with Gasteiger partial charge in [0, 0.05) is 26.0 Å². The molecule has 0 spiro atoms. The van der Waals surface area contributed by atoms with Crippen molar-refractivity contribution in [3.05, 3.63) is 24.0 Å². The van der Waals surface area contributed by atoms with Crippen LogP contribution in [0, 0.1) is 12.3 Å². The highest BCUT2D eigenvalue weighted by Gasteiger charge is 2.36. The molecule has 0 N–H and O–H groups in total. The van der Waals surface area contributed by atoms with E-state index in [1.54, 1.807) is 22.9 Å². The third kappa shape index (κ3) is 2.09. The van der Waals surface area contributed by atoms with E-state index >= 15 is 0 Å². The Kier molecular flexibility index (Phi) is 3.01. The maximum Gasteiger partial charge on any atom is 0.329 e. The Morgan fingerprint density at radius 1 is 1.71 bits per heavy atom. The number of aromatic nitrogens is 1. The summed E-state index contributed by atoms with van der Waals surface area (Å²) < 4.78 is 6.83. The molecule has 1 aliphatic rings. The normalized spacial score (nSPS) is 23.2. The molecule has 0 aliphatic carbocycles. The molecule has 0 bridgehead atoms. The van der Waals surface area contributed by atoms with Crippen LogP contribution >= 0.6 is 0 Å². The van der Waals surface area contributed by atoms with Gasteiger partial charge in [-0.3, -0.25) is 4.79 Å². The van der Waals surface area contributed by atoms with Gasteiger partial charge in [0.1, 0.15) is 12.1 Å². The third-order valence-electron chi connectivity index (χ3n) is 2.86. The average Bonchev–Trinajstić information content (AvgIpc) is 2.84. The molecule has 0 aromatic carbocycles. The van der Waals surface area contributed by atoms with E-state index in [1.807, 2.05) is 0 Å². The molecule has 88 valence electrons. The molecular weight excluding hydrogens is 218 g/mol. The molecule has 0 saturated carbocycles. The molecule has 0 radical (unpaired) electrons. The van der Waals surface area contributed by atoms with Gasteiger partial charge in [0.05, 0.1) is 5.69 Å². The molecule has 4 heteroatoms. The Bertz CT molecular complexity index is 495. The van der Waals surface area contributed by atoms with Gasteiger partial charge >= 0.3 is 5.97 Å². The third-order valence-corrected chi connectivity index (χ3v) is 2.86. The quantitative estimate of drug-likeness (QED) is 0.450. The second-order valence-corrected chi connectivity index (χ2v) is 4.08. The molecule has 2 unspecified atom stereocenters. The van der Waals surface area contributed by atoms with Crippen molar-refractivity contribution in [1.82, 2.24) is 4.57 Å². The highest BCUT2D eigenvalue weighted by molar-refractivity contribution is 5.93. The summed E-state index contributed by atoms with van der Waals surface area (Å²) in [5, 5.41) is 0. The largest absolute Gasteiger partial charge is 0.460 e. The van der Waals surface area contributed by atoms with E-state index < -0.39 is 6.04 Å². The zero-order chi connectivity index (χ0) is 12.4. The second kappa shape index (κ2) is 4.46. The summed E-state index contributed by atoms with van der Waals surface area (Å²) in [6, 6.07) is 3.02. The second-order valence-electron chi connectivity index (χ2n) is 4.08. The fraction of sp³-hybridized carbons (Fsp3) is 0.385. The number of hydrogen-bond acceptors (Lipinski definition) is 3. The van der Waals surface area contributed by atoms with Crippen molar-refractivity contribution in [2.24, 2.45) is 0 Å². The Balaban J connectivity index is 2.24. The molecule has 1 fully saturated rings. The lowest BCUT2D eigenvalue weighted by Crippen LogP contribution is -2.17. The number of carbonyl (C=O) groups excluding carboxylic acids is 2. The molecule has 1 aliphatic heterocycles. The molecule has 1 aromatic rings. The van der Waals surface area contributed by atoms with E-state index in [0.29, 0.717) is 18.5 Å². The fourth-order valence-electron chi connectivity index (χ4n) is 2.08. The molecule has 17 heavy (non-hydrogen) atoms. The van der Waals surface area contributed by atoms with Crippen molar-refractivity contribution >= 4 is 11.8 Å². The predicted octanol–water partition coefficient (Wildman–Crippen LogP) is 1.57. The average molecular weight is 231 g/mol. The monoisotopic (exact) mass is 231 g/mol. The Morgan fingerprint density at radius 2 is 2.47 bits per heavy atom. The molecular formula is C13H13NO3. The number of cyclic esters (lactones) is 1. The van der Waals surface area contributed by atoms with Crippen molar-refractivity contribution < 1.29 is 14.3 Å². The van der Waals surface area contributed by atoms with E-state index in [1.165, 1.54) is 6.92 Å². The maximum absolute atomic E-state index is 11.7. The lowest BCUT2D eigenvalue weighted by molar-refractivity contribution is -0.143. The minimum atomic E-state index is -0.428. The molecule has 4 nitrogen and oxygen atoms in total. The van der Waals surface area contributed by atoms with Crippen LogP contribution in [0.2, 0.25) is 0 Å². The van der Waals surface area contributed by atoms with Gasteiger partial charge in [0.25, 0.3) is 0 Å². The van der Waals surface area contributed by atoms with E-state index in [0.717, 1.165) is 0 Å². The number of ether oxygens (including phenoxy) is 1. The van der Waals surface area contributed by atoms with Crippen LogP contribution in [0.1, 0.15) is 36.3 Å². The van der Waals surface area contributed by atoms with Crippen LogP contribution in [0.25, 0.3) is 0 Å². The van der Waals surface area contributed by atoms with Crippen LogP contribution in [0.4, 0.5) is 0 Å². The van der Waals surface area contributed by atoms with E-state index in [4.69, 9.17) is 11.2 Å². The van der Waals surface area contributed by atoms with Crippen molar-refractivity contribution in [3.8, 4) is 12.3 Å². The fourth-order valence-corrected chi connectivity index (χ4v) is 2.08. The Hall–Kier alpha value is -2.02. The topological polar surface area (TPSA) is 48.3 Å². The molecule has 2 heterocycles. The highest BCUT2D eigenvalue weighted by Crippen LogP contribution is 2.29. The van der Waals surface area contributed by atoms with Crippen LogP contribution in [0.3, 0.4) is 0 Å². The summed E-state index contributed by atoms with van der Waals surface area (Å²) in [7, 11) is 0. The zero-order valence-corrected chi connectivity index (χ0v) is 9.55. The van der Waals surface area contributed by atoms with Crippen LogP contribution < -0.4 is 0 Å². The summed E-state index contributed by atoms with van der Waals surface area (Å²) in [5.74, 6) is 2.10. The van der Waals surface area contributed by atoms with Crippen LogP contribution in [-0.2, 0) is 9.53 Å². The van der Waals surface area contributed by atoms with Gasteiger partial charge in [-0.2, -0.15) is 0 Å². The van der Waals surface area contributed by atoms with E-state index in [9.17, 15) is 9.59 Å². The first kappa shape index (κ1) is 11.5. The molecule has 2 atom stereocenters. The van der Waals surface area contributed by atoms with Crippen molar-refractivity contribution in [2.75, 3.05) is 0 Å². The van der Waals surface area contributed by atoms with Gasteiger partial charge in [-0.1, -0.05) is 0 Å². The van der Waals surface area contributed by atoms with Gasteiger partial charge in [0.15, 0.2) is 5.78 Å². The van der Waals surface area contributed by atoms with Crippen LogP contribution in [0.15, 0.2) is 18.3 Å². The van der Waals surface area contributed by atoms with E-state index in [2.05, 4.69) is 5.92 Å². The smallest absolute Gasteiger partial charge is 0.329 e. The number of hydrogen-bond donors (Lipinski definition) is 0. The zero-order valence-electron chi connectivity index (χ0n) is 9.55. The lowest BCUT2D eigenvalue weighted by atomic mass is 10.1. The van der Waals surface area contributed by atoms with Crippen LogP contribution in [-0.4, -0.2) is 22.4 Å². The first-order valence-corrected chi connectivity index (χ1v) is 5.45. The molecule has 0 amide bonds. The minimum absolute atomic E-state index is 0.0665. The maximum atomic E-state index is 11.7. The van der Waals surface area contributed by atoms with Gasteiger partial charge in [-0.05, 0) is 12.1 Å². The molecule has 1 aromatic heterocycles. The van der Waals surface area contributed by atoms with Crippen molar-refractivity contribution in [2.45, 2.75) is 31.9 Å². The van der Waals surface area contributed by atoms with Gasteiger partial charge in [-0.15, -0.1) is 12.3 Å². The number of ketones is 1. The SMILES string of the molecule is C#CCC1CC(n2cccc2C(C)=O)C(=O)O1. The van der Waals surface area contributed by atoms with Crippen molar-refractivity contribution in [3.63, 3.8) is 0 Å². The van der Waals surface area contributed by atoms with Gasteiger partial charge < -0.3 is 9.30 Å². The van der Waals surface area contributed by atoms with E-state index in [-0.39, 0.29) is 17.9 Å². The number of terminal acetylenes is 1. The minimum Gasteiger partial charge on any atom is -0.460 e. The molecule has 1 saturated heterocycles. The number of esters is 1. The van der Waals surface area contributed by atoms with Crippen molar-refractivity contribution in [1.29, 1.82) is 0 Å². The summed E-state index contributed by atoms with van der Waals surface area (Å²) in [6.07, 6.45) is 7.62. The summed E-state index contributed by atoms with van der Waals surface area (Å²) >= 11 is 0. The standard InChI is InChI=1S/C13H13NO3/c1-3-5-10-8-12(13(16)17-10)14-7-4-6-11(14)9(2)15/h1,4,6-7,10,12H,5,8H2,2H3. The number of rotatable bonds is 3. The summed E-state index contributed by atoms with van der Waals surface area (Å²) in [4.78, 5) is 23.1. The number of carbonyl (C=O) groups is 2. The summed E-state index contributed by atoms with van der Waals surface area (Å²) in [6.45, 7) is 1.48. The first-order chi connectivity index (χ1) is 8.13. The number of nitrogens with zero attached hydrogens (tertiary/aromatic N) is 1. The predicted molar refractivity (Wildman–Crippen MR) is 61.4 cm³/mol.